The Morgan fingerprint density at radius 1 is 0.415 bits per heavy atom. The van der Waals surface area contributed by atoms with Gasteiger partial charge in [0.2, 0.25) is 0 Å². The molecule has 0 saturated carbocycles. The first-order valence-corrected chi connectivity index (χ1v) is 18.5. The number of nitrogens with zero attached hydrogens (tertiary/aromatic N) is 1. The Kier molecular flexibility index (Phi) is 7.69. The summed E-state index contributed by atoms with van der Waals surface area (Å²) < 4.78 is 0. The third-order valence-corrected chi connectivity index (χ3v) is 11.0. The molecule has 0 fully saturated rings. The molecule has 1 aliphatic carbocycles. The van der Waals surface area contributed by atoms with Crippen LogP contribution in [-0.4, -0.2) is 0 Å². The molecule has 0 N–H and O–H groups in total. The van der Waals surface area contributed by atoms with E-state index in [1.54, 1.807) is 0 Å². The molecule has 0 radical (unpaired) electrons. The van der Waals surface area contributed by atoms with Gasteiger partial charge in [0.05, 0.1) is 5.69 Å². The Hall–Kier alpha value is -6.70. The Morgan fingerprint density at radius 3 is 1.77 bits per heavy atom. The van der Waals surface area contributed by atoms with Crippen LogP contribution in [0.25, 0.3) is 65.3 Å². The molecule has 1 nitrogen and oxygen atoms in total. The van der Waals surface area contributed by atoms with Gasteiger partial charge in [-0.2, -0.15) is 0 Å². The van der Waals surface area contributed by atoms with E-state index < -0.39 is 0 Å². The molecular weight excluding hydrogens is 639 g/mol. The fourth-order valence-electron chi connectivity index (χ4n) is 8.30. The van der Waals surface area contributed by atoms with Gasteiger partial charge in [-0.05, 0) is 102 Å². The lowest BCUT2D eigenvalue weighted by Crippen LogP contribution is -2.17. The molecule has 0 spiro atoms. The molecule has 0 aliphatic heterocycles. The van der Waals surface area contributed by atoms with Crippen LogP contribution >= 0.6 is 0 Å². The van der Waals surface area contributed by atoms with Crippen LogP contribution in [0.4, 0.5) is 11.4 Å². The lowest BCUT2D eigenvalue weighted by molar-refractivity contribution is 0.840. The minimum atomic E-state index is 0.364. The van der Waals surface area contributed by atoms with Gasteiger partial charge in [-0.1, -0.05) is 176 Å². The number of hydrogen-bond acceptors (Lipinski definition) is 1. The van der Waals surface area contributed by atoms with Crippen molar-refractivity contribution in [2.45, 2.75) is 12.3 Å². The second kappa shape index (κ2) is 13.1. The van der Waals surface area contributed by atoms with Crippen molar-refractivity contribution in [2.75, 3.05) is 4.90 Å². The van der Waals surface area contributed by atoms with Gasteiger partial charge in [0, 0.05) is 22.7 Å². The largest absolute Gasteiger partial charge is 0.310 e. The van der Waals surface area contributed by atoms with Crippen molar-refractivity contribution in [3.05, 3.63) is 218 Å². The molecule has 1 atom stereocenters. The maximum Gasteiger partial charge on any atom is 0.0540 e. The van der Waals surface area contributed by atoms with Gasteiger partial charge in [-0.25, -0.2) is 0 Å². The van der Waals surface area contributed by atoms with Gasteiger partial charge in [0.1, 0.15) is 0 Å². The van der Waals surface area contributed by atoms with Crippen LogP contribution in [0.15, 0.2) is 212 Å². The van der Waals surface area contributed by atoms with Crippen molar-refractivity contribution in [3.63, 3.8) is 0 Å². The topological polar surface area (TPSA) is 3.24 Å². The Balaban J connectivity index is 1.11. The highest BCUT2D eigenvalue weighted by atomic mass is 15.1. The molecule has 250 valence electrons. The van der Waals surface area contributed by atoms with Gasteiger partial charge in [-0.15, -0.1) is 0 Å². The maximum atomic E-state index is 2.44. The summed E-state index contributed by atoms with van der Waals surface area (Å²) in [6, 6.07) is 68.8. The minimum Gasteiger partial charge on any atom is -0.310 e. The minimum absolute atomic E-state index is 0.364. The maximum absolute atomic E-state index is 2.44. The van der Waals surface area contributed by atoms with Gasteiger partial charge in [0.25, 0.3) is 0 Å². The van der Waals surface area contributed by atoms with E-state index in [0.717, 1.165) is 12.1 Å². The lowest BCUT2D eigenvalue weighted by atomic mass is 9.90. The van der Waals surface area contributed by atoms with Crippen LogP contribution in [0.3, 0.4) is 0 Å². The number of rotatable bonds is 6. The summed E-state index contributed by atoms with van der Waals surface area (Å²) in [5.41, 5.74) is 9.74. The summed E-state index contributed by atoms with van der Waals surface area (Å²) in [6.07, 6.45) is 8.04. The molecule has 9 aromatic carbocycles. The normalized spacial score (nSPS) is 14.2. The zero-order valence-electron chi connectivity index (χ0n) is 29.4. The standard InChI is InChI=1S/C52H37N/c1-3-11-36(12-4-1)38-21-27-43(28-22-38)53(44-29-23-39(24-30-44)37-13-5-2-6-14-37)52-34-33-46(47-17-9-10-18-50(47)52)42-20-19-41-26-31-48-45-16-8-7-15-40(45)25-32-49(48)51(41)35-42/h1-23,25-35,39H,24H2. The number of allylic oxidation sites excluding steroid dienone is 3. The average molecular weight is 676 g/mol. The molecule has 53 heavy (non-hydrogen) atoms. The summed E-state index contributed by atoms with van der Waals surface area (Å²) in [5, 5.41) is 10.2. The van der Waals surface area contributed by atoms with E-state index in [2.05, 4.69) is 211 Å². The van der Waals surface area contributed by atoms with Crippen LogP contribution in [0.1, 0.15) is 17.9 Å². The van der Waals surface area contributed by atoms with E-state index >= 15 is 0 Å². The van der Waals surface area contributed by atoms with Gasteiger partial charge in [0.15, 0.2) is 0 Å². The zero-order chi connectivity index (χ0) is 35.1. The Bertz CT molecular complexity index is 2850. The van der Waals surface area contributed by atoms with Crippen molar-refractivity contribution >= 4 is 54.5 Å². The molecule has 1 heteroatoms. The molecule has 1 aliphatic rings. The summed E-state index contributed by atoms with van der Waals surface area (Å²) in [4.78, 5) is 2.44. The van der Waals surface area contributed by atoms with Crippen LogP contribution < -0.4 is 4.90 Å². The third kappa shape index (κ3) is 5.59. The Labute approximate surface area is 310 Å². The molecular formula is C52H37N. The summed E-state index contributed by atoms with van der Waals surface area (Å²) in [7, 11) is 0. The Morgan fingerprint density at radius 2 is 1.02 bits per heavy atom. The predicted molar refractivity (Wildman–Crippen MR) is 227 cm³/mol. The van der Waals surface area contributed by atoms with Crippen LogP contribution in [-0.2, 0) is 0 Å². The summed E-state index contributed by atoms with van der Waals surface area (Å²) >= 11 is 0. The molecule has 0 saturated heterocycles. The van der Waals surface area contributed by atoms with Crippen molar-refractivity contribution in [1.29, 1.82) is 0 Å². The quantitative estimate of drug-likeness (QED) is 0.159. The average Bonchev–Trinajstić information content (AvgIpc) is 3.24. The van der Waals surface area contributed by atoms with Crippen LogP contribution in [0.2, 0.25) is 0 Å². The highest BCUT2D eigenvalue weighted by Crippen LogP contribution is 2.43. The number of benzene rings is 9. The van der Waals surface area contributed by atoms with E-state index in [-0.39, 0.29) is 0 Å². The first-order valence-electron chi connectivity index (χ1n) is 18.5. The molecule has 1 unspecified atom stereocenters. The number of hydrogen-bond donors (Lipinski definition) is 0. The van der Waals surface area contributed by atoms with Crippen molar-refractivity contribution in [2.24, 2.45) is 0 Å². The van der Waals surface area contributed by atoms with Gasteiger partial charge in [-0.3, -0.25) is 0 Å². The molecule has 0 amide bonds. The molecule has 0 aromatic heterocycles. The molecule has 0 heterocycles. The summed E-state index contributed by atoms with van der Waals surface area (Å²) in [6.45, 7) is 0. The first kappa shape index (κ1) is 31.1. The van der Waals surface area contributed by atoms with E-state index in [1.165, 1.54) is 82.3 Å². The van der Waals surface area contributed by atoms with Crippen LogP contribution in [0.5, 0.6) is 0 Å². The predicted octanol–water partition coefficient (Wildman–Crippen LogP) is 14.4. The zero-order valence-corrected chi connectivity index (χ0v) is 29.4. The van der Waals surface area contributed by atoms with Gasteiger partial charge >= 0.3 is 0 Å². The SMILES string of the molecule is C1=CC(c2ccccc2)CC=C1N(c1ccc(-c2ccccc2)cc1)c1ccc(-c2ccc3ccc4c5ccccc5ccc4c3c2)c2ccccc12. The van der Waals surface area contributed by atoms with E-state index in [0.29, 0.717) is 5.92 Å². The fraction of sp³-hybridized carbons (Fsp3) is 0.0385. The molecule has 10 rings (SSSR count). The van der Waals surface area contributed by atoms with Crippen molar-refractivity contribution in [1.82, 2.24) is 0 Å². The fourth-order valence-corrected chi connectivity index (χ4v) is 8.30. The first-order chi connectivity index (χ1) is 26.3. The van der Waals surface area contributed by atoms with E-state index in [1.807, 2.05) is 0 Å². The van der Waals surface area contributed by atoms with Crippen molar-refractivity contribution < 1.29 is 0 Å². The van der Waals surface area contributed by atoms with E-state index in [9.17, 15) is 0 Å². The third-order valence-electron chi connectivity index (χ3n) is 11.0. The lowest BCUT2D eigenvalue weighted by Gasteiger charge is -2.30. The number of fused-ring (bicyclic) bond motifs is 6. The van der Waals surface area contributed by atoms with Crippen LogP contribution in [0, 0.1) is 0 Å². The highest BCUT2D eigenvalue weighted by molar-refractivity contribution is 6.18. The molecule has 9 aromatic rings. The smallest absolute Gasteiger partial charge is 0.0540 e. The highest BCUT2D eigenvalue weighted by Gasteiger charge is 2.21. The second-order valence-electron chi connectivity index (χ2n) is 14.1. The van der Waals surface area contributed by atoms with Gasteiger partial charge < -0.3 is 4.90 Å². The monoisotopic (exact) mass is 675 g/mol. The second-order valence-corrected chi connectivity index (χ2v) is 14.1. The summed E-state index contributed by atoms with van der Waals surface area (Å²) in [5.74, 6) is 0.364. The molecule has 0 bridgehead atoms. The van der Waals surface area contributed by atoms with Crippen molar-refractivity contribution in [3.8, 4) is 22.3 Å². The number of anilines is 2. The van der Waals surface area contributed by atoms with E-state index in [4.69, 9.17) is 0 Å².